The lowest BCUT2D eigenvalue weighted by Gasteiger charge is -2.23. The Kier molecular flexibility index (Phi) is 12.6. The average Bonchev–Trinajstić information content (AvgIpc) is 2.91. The first-order valence-electron chi connectivity index (χ1n) is 13.0. The van der Waals surface area contributed by atoms with E-state index in [1.165, 1.54) is 12.1 Å². The van der Waals surface area contributed by atoms with Crippen LogP contribution >= 0.6 is 0 Å². The second-order valence-corrected chi connectivity index (χ2v) is 9.87. The zero-order valence-corrected chi connectivity index (χ0v) is 22.7. The van der Waals surface area contributed by atoms with Gasteiger partial charge >= 0.3 is 0 Å². The largest absolute Gasteiger partial charge is 0.508 e. The molecule has 0 radical (unpaired) electrons. The van der Waals surface area contributed by atoms with Gasteiger partial charge in [-0.25, -0.2) is 0 Å². The number of hydrogen-bond acceptors (Lipinski definition) is 7. The van der Waals surface area contributed by atoms with Gasteiger partial charge < -0.3 is 37.8 Å². The molecular formula is C28H38N6O6. The minimum Gasteiger partial charge on any atom is -0.508 e. The predicted octanol–water partition coefficient (Wildman–Crippen LogP) is -0.762. The maximum absolute atomic E-state index is 13.0. The zero-order chi connectivity index (χ0) is 29.7. The van der Waals surface area contributed by atoms with Crippen molar-refractivity contribution in [2.45, 2.75) is 51.2 Å². The molecule has 0 fully saturated rings. The molecule has 0 saturated heterocycles. The molecule has 3 atom stereocenters. The van der Waals surface area contributed by atoms with E-state index in [2.05, 4.69) is 21.3 Å². The number of benzene rings is 2. The van der Waals surface area contributed by atoms with E-state index in [9.17, 15) is 29.1 Å². The quantitative estimate of drug-likeness (QED) is 0.150. The fourth-order valence-electron chi connectivity index (χ4n) is 3.81. The summed E-state index contributed by atoms with van der Waals surface area (Å²) in [4.78, 5) is 61.9. The molecule has 0 heterocycles. The smallest absolute Gasteiger partial charge is 0.243 e. The molecule has 0 aromatic heterocycles. The number of amides is 5. The number of phenolic OH excluding ortho intramolecular Hbond substituents is 1. The fourth-order valence-corrected chi connectivity index (χ4v) is 3.81. The number of phenols is 1. The molecule has 0 bridgehead atoms. The number of nitrogens with one attached hydrogen (secondary N) is 4. The van der Waals surface area contributed by atoms with Crippen molar-refractivity contribution in [1.82, 2.24) is 21.3 Å². The minimum absolute atomic E-state index is 0.0930. The van der Waals surface area contributed by atoms with E-state index in [0.717, 1.165) is 11.1 Å². The van der Waals surface area contributed by atoms with Crippen molar-refractivity contribution in [1.29, 1.82) is 0 Å². The summed E-state index contributed by atoms with van der Waals surface area (Å²) in [5.74, 6) is -2.90. The number of carbonyl (C=O) groups excluding carboxylic acids is 5. The maximum Gasteiger partial charge on any atom is 0.243 e. The van der Waals surface area contributed by atoms with Crippen molar-refractivity contribution < 1.29 is 29.1 Å². The Morgan fingerprint density at radius 2 is 1.35 bits per heavy atom. The van der Waals surface area contributed by atoms with Crippen molar-refractivity contribution in [2.24, 2.45) is 17.4 Å². The van der Waals surface area contributed by atoms with E-state index in [1.54, 1.807) is 36.4 Å². The summed E-state index contributed by atoms with van der Waals surface area (Å²) in [5, 5.41) is 19.3. The molecule has 0 spiro atoms. The van der Waals surface area contributed by atoms with Gasteiger partial charge in [0.25, 0.3) is 0 Å². The summed E-state index contributed by atoms with van der Waals surface area (Å²) in [6, 6.07) is 12.4. The van der Waals surface area contributed by atoms with Gasteiger partial charge in [-0.1, -0.05) is 56.3 Å². The molecule has 2 aromatic rings. The Balaban J connectivity index is 1.88. The summed E-state index contributed by atoms with van der Waals surface area (Å²) < 4.78 is 0. The molecule has 2 rings (SSSR count). The number of rotatable bonds is 15. The van der Waals surface area contributed by atoms with Crippen LogP contribution in [0.25, 0.3) is 0 Å². The van der Waals surface area contributed by atoms with Crippen LogP contribution in [0.15, 0.2) is 54.6 Å². The first kappa shape index (κ1) is 31.8. The van der Waals surface area contributed by atoms with Gasteiger partial charge in [0, 0.05) is 6.42 Å². The lowest BCUT2D eigenvalue weighted by atomic mass is 10.0. The van der Waals surface area contributed by atoms with E-state index in [-0.39, 0.29) is 24.5 Å². The molecule has 12 heteroatoms. The highest BCUT2D eigenvalue weighted by Gasteiger charge is 2.26. The Hall–Kier alpha value is -4.45. The first-order chi connectivity index (χ1) is 18.9. The van der Waals surface area contributed by atoms with Gasteiger partial charge in [-0.3, -0.25) is 24.0 Å². The van der Waals surface area contributed by atoms with Crippen LogP contribution in [0.2, 0.25) is 0 Å². The predicted molar refractivity (Wildman–Crippen MR) is 148 cm³/mol. The van der Waals surface area contributed by atoms with Crippen molar-refractivity contribution in [3.8, 4) is 5.75 Å². The normalized spacial score (nSPS) is 13.0. The number of nitrogens with two attached hydrogens (primary N) is 2. The van der Waals surface area contributed by atoms with Crippen molar-refractivity contribution in [2.75, 3.05) is 13.1 Å². The first-order valence-corrected chi connectivity index (χ1v) is 13.0. The van der Waals surface area contributed by atoms with Crippen LogP contribution in [-0.4, -0.2) is 65.9 Å². The van der Waals surface area contributed by atoms with E-state index in [0.29, 0.717) is 6.42 Å². The van der Waals surface area contributed by atoms with Gasteiger partial charge in [0.15, 0.2) is 0 Å². The van der Waals surface area contributed by atoms with Crippen LogP contribution in [0.1, 0.15) is 31.4 Å². The second-order valence-electron chi connectivity index (χ2n) is 9.87. The third-order valence-electron chi connectivity index (χ3n) is 5.90. The Morgan fingerprint density at radius 1 is 0.750 bits per heavy atom. The standard InChI is InChI=1S/C28H38N6O6/c1-17(2)12-22(26(30)38)34-28(40)23(14-18-6-4-3-5-7-18)33-25(37)16-31-24(36)15-32-27(39)21(29)13-19-8-10-20(35)11-9-19/h3-11,17,21-23,35H,12-16,29H2,1-2H3,(H2,30,38)(H,31,36)(H,32,39)(H,33,37)(H,34,40)/t21-,22+,23-/m1/s1. The molecule has 0 aliphatic heterocycles. The summed E-state index contributed by atoms with van der Waals surface area (Å²) >= 11 is 0. The van der Waals surface area contributed by atoms with E-state index in [4.69, 9.17) is 11.5 Å². The third-order valence-corrected chi connectivity index (χ3v) is 5.90. The number of carbonyl (C=O) groups is 5. The Morgan fingerprint density at radius 3 is 1.95 bits per heavy atom. The molecule has 0 aliphatic rings. The van der Waals surface area contributed by atoms with Gasteiger partial charge in [0.2, 0.25) is 29.5 Å². The van der Waals surface area contributed by atoms with Crippen molar-refractivity contribution >= 4 is 29.5 Å². The van der Waals surface area contributed by atoms with E-state index < -0.39 is 60.8 Å². The minimum atomic E-state index is -1.03. The molecule has 216 valence electrons. The third kappa shape index (κ3) is 11.5. The molecular weight excluding hydrogens is 516 g/mol. The SMILES string of the molecule is CC(C)C[C@H](NC(=O)[C@@H](Cc1ccccc1)NC(=O)CNC(=O)CNC(=O)[C@H](N)Cc1ccc(O)cc1)C(N)=O. The fraction of sp³-hybridized carbons (Fsp3) is 0.393. The lowest BCUT2D eigenvalue weighted by Crippen LogP contribution is -2.55. The topological polar surface area (TPSA) is 206 Å². The number of hydrogen-bond donors (Lipinski definition) is 7. The van der Waals surface area contributed by atoms with Gasteiger partial charge in [-0.15, -0.1) is 0 Å². The van der Waals surface area contributed by atoms with Crippen LogP contribution in [0.3, 0.4) is 0 Å². The second kappa shape index (κ2) is 15.8. The van der Waals surface area contributed by atoms with Gasteiger partial charge in [-0.2, -0.15) is 0 Å². The van der Waals surface area contributed by atoms with Crippen LogP contribution in [0.4, 0.5) is 0 Å². The van der Waals surface area contributed by atoms with Gasteiger partial charge in [-0.05, 0) is 42.0 Å². The van der Waals surface area contributed by atoms with Crippen LogP contribution in [-0.2, 0) is 36.8 Å². The van der Waals surface area contributed by atoms with Crippen molar-refractivity contribution in [3.05, 3.63) is 65.7 Å². The van der Waals surface area contributed by atoms with Gasteiger partial charge in [0.1, 0.15) is 17.8 Å². The van der Waals surface area contributed by atoms with E-state index in [1.807, 2.05) is 19.9 Å². The molecule has 2 aromatic carbocycles. The highest BCUT2D eigenvalue weighted by atomic mass is 16.3. The van der Waals surface area contributed by atoms with Crippen LogP contribution < -0.4 is 32.7 Å². The highest BCUT2D eigenvalue weighted by Crippen LogP contribution is 2.11. The average molecular weight is 555 g/mol. The highest BCUT2D eigenvalue weighted by molar-refractivity contribution is 5.93. The van der Waals surface area contributed by atoms with Crippen molar-refractivity contribution in [3.63, 3.8) is 0 Å². The van der Waals surface area contributed by atoms with Gasteiger partial charge in [0.05, 0.1) is 19.1 Å². The van der Waals surface area contributed by atoms with Crippen LogP contribution in [0.5, 0.6) is 5.75 Å². The molecule has 12 nitrogen and oxygen atoms in total. The number of aromatic hydroxyl groups is 1. The maximum atomic E-state index is 13.0. The zero-order valence-electron chi connectivity index (χ0n) is 22.7. The lowest BCUT2D eigenvalue weighted by molar-refractivity contribution is -0.132. The molecule has 0 unspecified atom stereocenters. The molecule has 5 amide bonds. The molecule has 0 aliphatic carbocycles. The monoisotopic (exact) mass is 554 g/mol. The molecule has 40 heavy (non-hydrogen) atoms. The van der Waals surface area contributed by atoms with E-state index >= 15 is 0 Å². The molecule has 9 N–H and O–H groups in total. The summed E-state index contributed by atoms with van der Waals surface area (Å²) in [7, 11) is 0. The van der Waals surface area contributed by atoms with Crippen LogP contribution in [0, 0.1) is 5.92 Å². The Labute approximate surface area is 233 Å². The summed E-state index contributed by atoms with van der Waals surface area (Å²) in [6.45, 7) is 2.93. The molecule has 0 saturated carbocycles. The summed E-state index contributed by atoms with van der Waals surface area (Å²) in [5.41, 5.74) is 12.8. The number of primary amides is 1. The Bertz CT molecular complexity index is 1160. The summed E-state index contributed by atoms with van der Waals surface area (Å²) in [6.07, 6.45) is 0.691.